The van der Waals surface area contributed by atoms with Crippen molar-refractivity contribution in [1.82, 2.24) is 9.29 Å². The van der Waals surface area contributed by atoms with E-state index in [0.29, 0.717) is 0 Å². The molecule has 1 heterocycles. The van der Waals surface area contributed by atoms with E-state index in [4.69, 9.17) is 18.0 Å². The topological polar surface area (TPSA) is 76.3 Å². The van der Waals surface area contributed by atoms with Crippen LogP contribution in [0, 0.1) is 0 Å². The summed E-state index contributed by atoms with van der Waals surface area (Å²) in [6, 6.07) is 12.3. The molecule has 0 radical (unpaired) electrons. The van der Waals surface area contributed by atoms with E-state index in [9.17, 15) is 8.42 Å². The van der Waals surface area contributed by atoms with Crippen molar-refractivity contribution in [2.75, 3.05) is 7.05 Å². The molecule has 5 nitrogen and oxygen atoms in total. The van der Waals surface area contributed by atoms with Crippen LogP contribution < -0.4 is 5.73 Å². The molecule has 0 aliphatic rings. The summed E-state index contributed by atoms with van der Waals surface area (Å²) in [5.41, 5.74) is 6.56. The minimum absolute atomic E-state index is 0.0240. The Morgan fingerprint density at radius 2 is 1.90 bits per heavy atom. The van der Waals surface area contributed by atoms with Gasteiger partial charge in [-0.1, -0.05) is 42.5 Å². The zero-order valence-corrected chi connectivity index (χ0v) is 13.1. The molecule has 2 rings (SSSR count). The van der Waals surface area contributed by atoms with E-state index in [-0.39, 0.29) is 22.1 Å². The van der Waals surface area contributed by atoms with E-state index in [1.165, 1.54) is 23.6 Å². The van der Waals surface area contributed by atoms with Crippen molar-refractivity contribution < 1.29 is 8.42 Å². The van der Waals surface area contributed by atoms with Gasteiger partial charge in [-0.3, -0.25) is 4.98 Å². The van der Waals surface area contributed by atoms with Gasteiger partial charge in [0, 0.05) is 19.8 Å². The van der Waals surface area contributed by atoms with Gasteiger partial charge in [-0.2, -0.15) is 4.31 Å². The van der Waals surface area contributed by atoms with Gasteiger partial charge in [0.05, 0.1) is 0 Å². The van der Waals surface area contributed by atoms with Crippen LogP contribution in [0.4, 0.5) is 0 Å². The maximum atomic E-state index is 12.6. The average molecular weight is 321 g/mol. The van der Waals surface area contributed by atoms with Gasteiger partial charge in [-0.05, 0) is 17.7 Å². The van der Waals surface area contributed by atoms with Gasteiger partial charge in [0.15, 0.2) is 0 Å². The Kier molecular flexibility index (Phi) is 4.66. The Morgan fingerprint density at radius 3 is 2.52 bits per heavy atom. The van der Waals surface area contributed by atoms with Gasteiger partial charge in [-0.15, -0.1) is 0 Å². The van der Waals surface area contributed by atoms with Crippen LogP contribution in [0.2, 0.25) is 0 Å². The number of thiocarbonyl (C=S) groups is 1. The van der Waals surface area contributed by atoms with E-state index in [1.807, 2.05) is 30.3 Å². The number of nitrogens with two attached hydrogens (primary N) is 1. The zero-order valence-electron chi connectivity index (χ0n) is 11.4. The highest BCUT2D eigenvalue weighted by molar-refractivity contribution is 7.89. The molecule has 2 N–H and O–H groups in total. The average Bonchev–Trinajstić information content (AvgIpc) is 2.48. The highest BCUT2D eigenvalue weighted by atomic mass is 32.2. The zero-order chi connectivity index (χ0) is 15.5. The lowest BCUT2D eigenvalue weighted by Gasteiger charge is -2.18. The highest BCUT2D eigenvalue weighted by Gasteiger charge is 2.25. The Bertz CT molecular complexity index is 746. The first-order chi connectivity index (χ1) is 9.93. The second-order valence-electron chi connectivity index (χ2n) is 4.46. The fraction of sp³-hybridized carbons (Fsp3) is 0.143. The molecule has 0 atom stereocenters. The molecule has 0 aliphatic carbocycles. The first-order valence-electron chi connectivity index (χ1n) is 6.18. The van der Waals surface area contributed by atoms with E-state index in [2.05, 4.69) is 4.98 Å². The van der Waals surface area contributed by atoms with Crippen molar-refractivity contribution >= 4 is 27.2 Å². The molecule has 7 heteroatoms. The largest absolute Gasteiger partial charge is 0.388 e. The minimum atomic E-state index is -3.71. The molecule has 0 amide bonds. The lowest BCUT2D eigenvalue weighted by molar-refractivity contribution is 0.466. The second-order valence-corrected chi connectivity index (χ2v) is 6.91. The Morgan fingerprint density at radius 1 is 1.24 bits per heavy atom. The summed E-state index contributed by atoms with van der Waals surface area (Å²) in [6.45, 7) is 0.259. The van der Waals surface area contributed by atoms with Crippen molar-refractivity contribution in [2.45, 2.75) is 11.4 Å². The lowest BCUT2D eigenvalue weighted by Crippen LogP contribution is -2.29. The Hall–Kier alpha value is -1.83. The van der Waals surface area contributed by atoms with Gasteiger partial charge in [-0.25, -0.2) is 8.42 Å². The fourth-order valence-electron chi connectivity index (χ4n) is 1.88. The van der Waals surface area contributed by atoms with E-state index < -0.39 is 10.0 Å². The predicted octanol–water partition coefficient (Wildman–Crippen LogP) is 1.54. The molecular formula is C14H15N3O2S2. The van der Waals surface area contributed by atoms with Crippen molar-refractivity contribution in [2.24, 2.45) is 5.73 Å². The molecular weight excluding hydrogens is 306 g/mol. The molecule has 0 bridgehead atoms. The number of hydrogen-bond acceptors (Lipinski definition) is 4. The SMILES string of the molecule is CN(Cc1ccccc1)S(=O)(=O)c1cccnc1C(N)=S. The standard InChI is InChI=1S/C14H15N3O2S2/c1-17(10-11-6-3-2-4-7-11)21(18,19)12-8-5-9-16-13(12)14(15)20/h2-9H,10H2,1H3,(H2,15,20). The third-order valence-electron chi connectivity index (χ3n) is 2.94. The minimum Gasteiger partial charge on any atom is -0.388 e. The molecule has 1 aromatic heterocycles. The van der Waals surface area contributed by atoms with E-state index >= 15 is 0 Å². The number of rotatable bonds is 5. The summed E-state index contributed by atoms with van der Waals surface area (Å²) in [7, 11) is -2.20. The molecule has 0 spiro atoms. The first kappa shape index (κ1) is 15.6. The summed E-state index contributed by atoms with van der Waals surface area (Å²) in [5.74, 6) is 0. The van der Waals surface area contributed by atoms with Crippen LogP contribution in [-0.2, 0) is 16.6 Å². The van der Waals surface area contributed by atoms with Crippen molar-refractivity contribution in [1.29, 1.82) is 0 Å². The third kappa shape index (κ3) is 3.44. The van der Waals surface area contributed by atoms with Gasteiger partial charge in [0.2, 0.25) is 10.0 Å². The lowest BCUT2D eigenvalue weighted by atomic mass is 10.2. The van der Waals surface area contributed by atoms with Gasteiger partial charge in [0.1, 0.15) is 15.6 Å². The van der Waals surface area contributed by atoms with E-state index in [1.54, 1.807) is 6.07 Å². The first-order valence-corrected chi connectivity index (χ1v) is 8.03. The quantitative estimate of drug-likeness (QED) is 0.845. The number of aromatic nitrogens is 1. The smallest absolute Gasteiger partial charge is 0.245 e. The van der Waals surface area contributed by atoms with Crippen LogP contribution in [0.25, 0.3) is 0 Å². The molecule has 0 saturated carbocycles. The molecule has 21 heavy (non-hydrogen) atoms. The predicted molar refractivity (Wildman–Crippen MR) is 85.2 cm³/mol. The molecule has 0 fully saturated rings. The van der Waals surface area contributed by atoms with Crippen LogP contribution in [0.1, 0.15) is 11.3 Å². The van der Waals surface area contributed by atoms with Gasteiger partial charge >= 0.3 is 0 Å². The summed E-state index contributed by atoms with van der Waals surface area (Å²) in [6.07, 6.45) is 1.46. The maximum absolute atomic E-state index is 12.6. The molecule has 2 aromatic rings. The van der Waals surface area contributed by atoms with Crippen LogP contribution >= 0.6 is 12.2 Å². The third-order valence-corrected chi connectivity index (χ3v) is 4.97. The number of benzene rings is 1. The fourth-order valence-corrected chi connectivity index (χ4v) is 3.42. The van der Waals surface area contributed by atoms with Crippen LogP contribution in [0.5, 0.6) is 0 Å². The summed E-state index contributed by atoms with van der Waals surface area (Å²) >= 11 is 4.87. The second kappa shape index (κ2) is 6.30. The van der Waals surface area contributed by atoms with Gasteiger partial charge in [0.25, 0.3) is 0 Å². The van der Waals surface area contributed by atoms with Crippen molar-refractivity contribution in [3.8, 4) is 0 Å². The highest BCUT2D eigenvalue weighted by Crippen LogP contribution is 2.19. The van der Waals surface area contributed by atoms with Gasteiger partial charge < -0.3 is 5.73 Å². The van der Waals surface area contributed by atoms with Crippen molar-refractivity contribution in [3.05, 3.63) is 59.9 Å². The van der Waals surface area contributed by atoms with Crippen LogP contribution in [-0.4, -0.2) is 29.7 Å². The maximum Gasteiger partial charge on any atom is 0.245 e. The number of sulfonamides is 1. The number of nitrogens with zero attached hydrogens (tertiary/aromatic N) is 2. The van der Waals surface area contributed by atoms with E-state index in [0.717, 1.165) is 5.56 Å². The van der Waals surface area contributed by atoms with Crippen LogP contribution in [0.3, 0.4) is 0 Å². The Balaban J connectivity index is 2.36. The molecule has 110 valence electrons. The van der Waals surface area contributed by atoms with Crippen molar-refractivity contribution in [3.63, 3.8) is 0 Å². The summed E-state index contributed by atoms with van der Waals surface area (Å²) in [4.78, 5) is 3.95. The molecule has 0 saturated heterocycles. The molecule has 0 aliphatic heterocycles. The summed E-state index contributed by atoms with van der Waals surface area (Å²) in [5, 5.41) is 0. The monoisotopic (exact) mass is 321 g/mol. The number of pyridine rings is 1. The molecule has 0 unspecified atom stereocenters. The Labute approximate surface area is 129 Å². The normalized spacial score (nSPS) is 11.5. The summed E-state index contributed by atoms with van der Waals surface area (Å²) < 4.78 is 26.5. The molecule has 1 aromatic carbocycles. The van der Waals surface area contributed by atoms with Crippen LogP contribution in [0.15, 0.2) is 53.6 Å². The number of hydrogen-bond donors (Lipinski definition) is 1.